The number of amides is 1. The van der Waals surface area contributed by atoms with Gasteiger partial charge < -0.3 is 4.90 Å². The van der Waals surface area contributed by atoms with Crippen LogP contribution in [-0.2, 0) is 14.8 Å². The van der Waals surface area contributed by atoms with Gasteiger partial charge in [-0.2, -0.15) is 0 Å². The number of nitrogens with zero attached hydrogens (tertiary/aromatic N) is 2. The van der Waals surface area contributed by atoms with Gasteiger partial charge in [0.15, 0.2) is 0 Å². The molecule has 0 unspecified atom stereocenters. The van der Waals surface area contributed by atoms with Crippen LogP contribution >= 0.6 is 11.6 Å². The van der Waals surface area contributed by atoms with Gasteiger partial charge in [0, 0.05) is 29.2 Å². The first-order valence-corrected chi connectivity index (χ1v) is 10.9. The van der Waals surface area contributed by atoms with Crippen molar-refractivity contribution in [3.05, 3.63) is 47.5 Å². The Bertz CT molecular complexity index is 998. The van der Waals surface area contributed by atoms with Crippen LogP contribution < -0.4 is 4.31 Å². The van der Waals surface area contributed by atoms with E-state index < -0.39 is 10.0 Å². The second-order valence-corrected chi connectivity index (χ2v) is 9.50. The second kappa shape index (κ2) is 6.84. The number of fused-ring (bicyclic) bond motifs is 3. The molecule has 1 fully saturated rings. The molecule has 7 heteroatoms. The van der Waals surface area contributed by atoms with E-state index in [0.29, 0.717) is 35.3 Å². The first-order chi connectivity index (χ1) is 12.9. The number of piperidine rings is 1. The average Bonchev–Trinajstić information content (AvgIpc) is 2.66. The van der Waals surface area contributed by atoms with Crippen LogP contribution in [0.1, 0.15) is 19.8 Å². The molecular weight excluding hydrogens is 384 g/mol. The zero-order chi connectivity index (χ0) is 19.2. The molecule has 0 spiro atoms. The van der Waals surface area contributed by atoms with Crippen LogP contribution in [0.5, 0.6) is 0 Å². The van der Waals surface area contributed by atoms with Crippen LogP contribution in [-0.4, -0.2) is 38.9 Å². The van der Waals surface area contributed by atoms with E-state index in [9.17, 15) is 13.2 Å². The molecule has 0 aliphatic carbocycles. The summed E-state index contributed by atoms with van der Waals surface area (Å²) in [7, 11) is -3.81. The zero-order valence-corrected chi connectivity index (χ0v) is 16.6. The van der Waals surface area contributed by atoms with Gasteiger partial charge in [-0.25, -0.2) is 8.42 Å². The summed E-state index contributed by atoms with van der Waals surface area (Å²) in [5.41, 5.74) is 1.84. The fraction of sp³-hybridized carbons (Fsp3) is 0.350. The molecule has 142 valence electrons. The van der Waals surface area contributed by atoms with Crippen molar-refractivity contribution in [3.8, 4) is 11.1 Å². The second-order valence-electron chi connectivity index (χ2n) is 7.23. The Kier molecular flexibility index (Phi) is 4.64. The standard InChI is InChI=1S/C20H21ClN2O3S/c1-14-8-10-22(11-9-14)20(24)13-23-18-7-6-15(21)12-17(18)16-4-2-3-5-19(16)27(23,25)26/h2-7,12,14H,8-11,13H2,1H3. The summed E-state index contributed by atoms with van der Waals surface area (Å²) in [6.45, 7) is 3.34. The highest BCUT2D eigenvalue weighted by Gasteiger charge is 2.37. The summed E-state index contributed by atoms with van der Waals surface area (Å²) in [5.74, 6) is 0.438. The van der Waals surface area contributed by atoms with Gasteiger partial charge >= 0.3 is 0 Å². The number of halogens is 1. The van der Waals surface area contributed by atoms with Crippen molar-refractivity contribution in [2.75, 3.05) is 23.9 Å². The highest BCUT2D eigenvalue weighted by Crippen LogP contribution is 2.43. The van der Waals surface area contributed by atoms with Gasteiger partial charge in [-0.15, -0.1) is 0 Å². The Hall–Kier alpha value is -2.05. The van der Waals surface area contributed by atoms with Crippen LogP contribution in [0.3, 0.4) is 0 Å². The Morgan fingerprint density at radius 3 is 2.56 bits per heavy atom. The molecule has 0 N–H and O–H groups in total. The molecule has 2 aliphatic heterocycles. The number of rotatable bonds is 2. The summed E-state index contributed by atoms with van der Waals surface area (Å²) in [6.07, 6.45) is 1.90. The molecule has 0 bridgehead atoms. The van der Waals surface area contributed by atoms with E-state index in [0.717, 1.165) is 18.4 Å². The van der Waals surface area contributed by atoms with Crippen LogP contribution in [0.2, 0.25) is 5.02 Å². The lowest BCUT2D eigenvalue weighted by Crippen LogP contribution is -2.46. The lowest BCUT2D eigenvalue weighted by molar-refractivity contribution is -0.130. The van der Waals surface area contributed by atoms with Crippen molar-refractivity contribution >= 4 is 33.2 Å². The third-order valence-corrected chi connectivity index (χ3v) is 7.44. The van der Waals surface area contributed by atoms with E-state index in [1.807, 2.05) is 0 Å². The van der Waals surface area contributed by atoms with E-state index in [1.165, 1.54) is 4.31 Å². The smallest absolute Gasteiger partial charge is 0.265 e. The highest BCUT2D eigenvalue weighted by molar-refractivity contribution is 7.93. The summed E-state index contributed by atoms with van der Waals surface area (Å²) in [6, 6.07) is 11.9. The van der Waals surface area contributed by atoms with Crippen molar-refractivity contribution in [2.45, 2.75) is 24.7 Å². The van der Waals surface area contributed by atoms with E-state index in [4.69, 9.17) is 11.6 Å². The Morgan fingerprint density at radius 2 is 1.81 bits per heavy atom. The Morgan fingerprint density at radius 1 is 1.11 bits per heavy atom. The summed E-state index contributed by atoms with van der Waals surface area (Å²) in [5, 5.41) is 0.527. The lowest BCUT2D eigenvalue weighted by atomic mass is 9.99. The van der Waals surface area contributed by atoms with Gasteiger partial charge in [0.2, 0.25) is 5.91 Å². The number of hydrogen-bond acceptors (Lipinski definition) is 3. The van der Waals surface area contributed by atoms with E-state index in [2.05, 4.69) is 6.92 Å². The number of benzene rings is 2. The third kappa shape index (κ3) is 3.21. The molecule has 2 aromatic carbocycles. The highest BCUT2D eigenvalue weighted by atomic mass is 35.5. The minimum Gasteiger partial charge on any atom is -0.341 e. The molecule has 1 amide bonds. The summed E-state index contributed by atoms with van der Waals surface area (Å²) >= 11 is 6.16. The molecule has 0 atom stereocenters. The van der Waals surface area contributed by atoms with Crippen LogP contribution in [0.15, 0.2) is 47.4 Å². The maximum atomic E-state index is 13.2. The molecule has 2 aliphatic rings. The molecule has 0 radical (unpaired) electrons. The van der Waals surface area contributed by atoms with Gasteiger partial charge in [0.1, 0.15) is 6.54 Å². The molecular formula is C20H21ClN2O3S. The molecule has 2 heterocycles. The van der Waals surface area contributed by atoms with Crippen molar-refractivity contribution in [2.24, 2.45) is 5.92 Å². The number of carbonyl (C=O) groups excluding carboxylic acids is 1. The van der Waals surface area contributed by atoms with Crippen molar-refractivity contribution in [1.29, 1.82) is 0 Å². The maximum absolute atomic E-state index is 13.2. The quantitative estimate of drug-likeness (QED) is 0.765. The summed E-state index contributed by atoms with van der Waals surface area (Å²) in [4.78, 5) is 14.8. The zero-order valence-electron chi connectivity index (χ0n) is 15.1. The van der Waals surface area contributed by atoms with E-state index in [1.54, 1.807) is 47.4 Å². The van der Waals surface area contributed by atoms with Gasteiger partial charge in [-0.05, 0) is 43.0 Å². The van der Waals surface area contributed by atoms with Crippen molar-refractivity contribution in [1.82, 2.24) is 4.90 Å². The fourth-order valence-corrected chi connectivity index (χ4v) is 5.57. The van der Waals surface area contributed by atoms with E-state index in [-0.39, 0.29) is 17.3 Å². The third-order valence-electron chi connectivity index (χ3n) is 5.39. The first kappa shape index (κ1) is 18.3. The fourth-order valence-electron chi connectivity index (χ4n) is 3.75. The Labute approximate surface area is 164 Å². The predicted molar refractivity (Wildman–Crippen MR) is 106 cm³/mol. The molecule has 2 aromatic rings. The minimum atomic E-state index is -3.81. The van der Waals surface area contributed by atoms with Gasteiger partial charge in [0.05, 0.1) is 10.6 Å². The number of anilines is 1. The van der Waals surface area contributed by atoms with Gasteiger partial charge in [-0.1, -0.05) is 36.7 Å². The van der Waals surface area contributed by atoms with Crippen molar-refractivity contribution in [3.63, 3.8) is 0 Å². The van der Waals surface area contributed by atoms with Gasteiger partial charge in [0.25, 0.3) is 10.0 Å². The number of sulfonamides is 1. The number of likely N-dealkylation sites (tertiary alicyclic amines) is 1. The predicted octanol–water partition coefficient (Wildman–Crippen LogP) is 3.77. The molecule has 0 saturated carbocycles. The molecule has 27 heavy (non-hydrogen) atoms. The number of hydrogen-bond donors (Lipinski definition) is 0. The van der Waals surface area contributed by atoms with E-state index >= 15 is 0 Å². The van der Waals surface area contributed by atoms with Crippen molar-refractivity contribution < 1.29 is 13.2 Å². The topological polar surface area (TPSA) is 57.7 Å². The van der Waals surface area contributed by atoms with Crippen LogP contribution in [0, 0.1) is 5.92 Å². The van der Waals surface area contributed by atoms with Crippen LogP contribution in [0.4, 0.5) is 5.69 Å². The SMILES string of the molecule is CC1CCN(C(=O)CN2c3ccc(Cl)cc3-c3ccccc3S2(=O)=O)CC1. The average molecular weight is 405 g/mol. The normalized spacial score (nSPS) is 18.7. The molecule has 4 rings (SSSR count). The Balaban J connectivity index is 1.74. The lowest BCUT2D eigenvalue weighted by Gasteiger charge is -2.35. The minimum absolute atomic E-state index is 0.161. The monoisotopic (exact) mass is 404 g/mol. The molecule has 5 nitrogen and oxygen atoms in total. The molecule has 0 aromatic heterocycles. The van der Waals surface area contributed by atoms with Gasteiger partial charge in [-0.3, -0.25) is 9.10 Å². The molecule has 1 saturated heterocycles. The first-order valence-electron chi connectivity index (χ1n) is 9.07. The maximum Gasteiger partial charge on any atom is 0.265 e. The number of carbonyl (C=O) groups is 1. The largest absolute Gasteiger partial charge is 0.341 e. The van der Waals surface area contributed by atoms with Crippen LogP contribution in [0.25, 0.3) is 11.1 Å². The summed E-state index contributed by atoms with van der Waals surface area (Å²) < 4.78 is 27.7.